The van der Waals surface area contributed by atoms with Crippen molar-refractivity contribution < 1.29 is 27.8 Å². The summed E-state index contributed by atoms with van der Waals surface area (Å²) in [7, 11) is 1.39. The van der Waals surface area contributed by atoms with Gasteiger partial charge in [-0.25, -0.2) is 4.98 Å². The first-order chi connectivity index (χ1) is 16.9. The lowest BCUT2D eigenvalue weighted by molar-refractivity contribution is -0.0502. The van der Waals surface area contributed by atoms with Crippen LogP contribution in [0.5, 0.6) is 17.2 Å². The number of methoxy groups -OCH3 is 1. The number of amides is 1. The van der Waals surface area contributed by atoms with Crippen molar-refractivity contribution in [3.63, 3.8) is 0 Å². The molecule has 0 bridgehead atoms. The molecule has 3 aromatic rings. The number of aromatic nitrogens is 2. The number of ether oxygens (including phenoxy) is 3. The van der Waals surface area contributed by atoms with Crippen LogP contribution >= 0.6 is 0 Å². The molecule has 1 amide bonds. The predicted octanol–water partition coefficient (Wildman–Crippen LogP) is 3.83. The summed E-state index contributed by atoms with van der Waals surface area (Å²) < 4.78 is 44.4. The van der Waals surface area contributed by atoms with Gasteiger partial charge in [-0.05, 0) is 37.6 Å². The summed E-state index contributed by atoms with van der Waals surface area (Å²) in [4.78, 5) is 19.6. The molecule has 0 radical (unpaired) electrons. The second-order valence-electron chi connectivity index (χ2n) is 8.94. The van der Waals surface area contributed by atoms with E-state index in [4.69, 9.17) is 14.2 Å². The van der Waals surface area contributed by atoms with Crippen LogP contribution in [0.25, 0.3) is 16.9 Å². The first-order valence-electron chi connectivity index (χ1n) is 11.8. The number of rotatable bonds is 10. The van der Waals surface area contributed by atoms with Crippen molar-refractivity contribution in [3.8, 4) is 28.5 Å². The number of halogens is 2. The molecule has 0 atom stereocenters. The Labute approximate surface area is 201 Å². The van der Waals surface area contributed by atoms with Gasteiger partial charge in [0, 0.05) is 42.9 Å². The fraction of sp³-hybridized carbons (Fsp3) is 0.440. The van der Waals surface area contributed by atoms with Crippen molar-refractivity contribution >= 4 is 11.6 Å². The minimum atomic E-state index is -3.09. The zero-order valence-electron chi connectivity index (χ0n) is 19.7. The fourth-order valence-electron chi connectivity index (χ4n) is 4.32. The number of hydrogen-bond acceptors (Lipinski definition) is 6. The zero-order valence-corrected chi connectivity index (χ0v) is 19.7. The van der Waals surface area contributed by atoms with Crippen molar-refractivity contribution in [2.24, 2.45) is 5.92 Å². The number of fused-ring (bicyclic) bond motifs is 1. The van der Waals surface area contributed by atoms with Crippen LogP contribution in [0, 0.1) is 5.92 Å². The second kappa shape index (κ2) is 9.69. The Morgan fingerprint density at radius 1 is 1.23 bits per heavy atom. The average Bonchev–Trinajstić information content (AvgIpc) is 3.52. The lowest BCUT2D eigenvalue weighted by Crippen LogP contribution is -2.48. The van der Waals surface area contributed by atoms with Crippen molar-refractivity contribution in [2.45, 2.75) is 32.4 Å². The summed E-state index contributed by atoms with van der Waals surface area (Å²) in [5.74, 6) is 0.644. The van der Waals surface area contributed by atoms with Gasteiger partial charge in [-0.2, -0.15) is 8.78 Å². The first-order valence-corrected chi connectivity index (χ1v) is 11.8. The number of nitrogens with zero attached hydrogens (tertiary/aromatic N) is 3. The molecule has 35 heavy (non-hydrogen) atoms. The Balaban J connectivity index is 1.42. The molecule has 1 aliphatic carbocycles. The van der Waals surface area contributed by atoms with Gasteiger partial charge in [-0.15, -0.1) is 0 Å². The van der Waals surface area contributed by atoms with E-state index in [0.29, 0.717) is 29.4 Å². The highest BCUT2D eigenvalue weighted by Crippen LogP contribution is 2.37. The molecule has 1 saturated heterocycles. The Morgan fingerprint density at radius 2 is 2.00 bits per heavy atom. The lowest BCUT2D eigenvalue weighted by atomic mass is 10.0. The van der Waals surface area contributed by atoms with Gasteiger partial charge in [-0.1, -0.05) is 6.92 Å². The highest BCUT2D eigenvalue weighted by Gasteiger charge is 2.29. The quantitative estimate of drug-likeness (QED) is 0.469. The van der Waals surface area contributed by atoms with Gasteiger partial charge < -0.3 is 24.4 Å². The number of carbonyl (C=O) groups excluding carboxylic acids is 1. The Bertz CT molecular complexity index is 1220. The van der Waals surface area contributed by atoms with Crippen LogP contribution in [-0.2, 0) is 0 Å². The van der Waals surface area contributed by atoms with E-state index in [1.165, 1.54) is 13.2 Å². The van der Waals surface area contributed by atoms with E-state index in [0.717, 1.165) is 38.2 Å². The molecule has 2 fully saturated rings. The predicted molar refractivity (Wildman–Crippen MR) is 125 cm³/mol. The Morgan fingerprint density at radius 3 is 2.69 bits per heavy atom. The second-order valence-corrected chi connectivity index (χ2v) is 8.94. The third-order valence-electron chi connectivity index (χ3n) is 6.39. The molecular weight excluding hydrogens is 458 g/mol. The Hall–Kier alpha value is -3.40. The molecule has 2 aliphatic rings. The van der Waals surface area contributed by atoms with E-state index in [1.54, 1.807) is 12.3 Å². The molecule has 5 rings (SSSR count). The van der Waals surface area contributed by atoms with Crippen LogP contribution in [0.2, 0.25) is 0 Å². The van der Waals surface area contributed by atoms with Crippen LogP contribution < -0.4 is 19.5 Å². The summed E-state index contributed by atoms with van der Waals surface area (Å²) >= 11 is 0. The summed E-state index contributed by atoms with van der Waals surface area (Å²) in [5.41, 5.74) is 1.75. The van der Waals surface area contributed by atoms with Crippen LogP contribution in [0.15, 0.2) is 36.7 Å². The minimum absolute atomic E-state index is 0.0504. The van der Waals surface area contributed by atoms with Crippen LogP contribution in [0.1, 0.15) is 30.1 Å². The zero-order chi connectivity index (χ0) is 24.5. The van der Waals surface area contributed by atoms with Gasteiger partial charge >= 0.3 is 6.61 Å². The minimum Gasteiger partial charge on any atom is -0.496 e. The van der Waals surface area contributed by atoms with Gasteiger partial charge in [0.1, 0.15) is 28.5 Å². The molecule has 1 aromatic carbocycles. The van der Waals surface area contributed by atoms with Crippen LogP contribution in [0.4, 0.5) is 8.78 Å². The highest BCUT2D eigenvalue weighted by atomic mass is 19.3. The van der Waals surface area contributed by atoms with Gasteiger partial charge in [0.2, 0.25) is 0 Å². The van der Waals surface area contributed by atoms with E-state index >= 15 is 0 Å². The van der Waals surface area contributed by atoms with E-state index < -0.39 is 12.5 Å². The number of hydrogen-bond donors (Lipinski definition) is 1. The number of benzene rings is 1. The normalized spacial score (nSPS) is 16.4. The van der Waals surface area contributed by atoms with Crippen LogP contribution in [0.3, 0.4) is 0 Å². The maximum Gasteiger partial charge on any atom is 0.387 e. The molecular formula is C25H28F2N4O4. The van der Waals surface area contributed by atoms with Crippen molar-refractivity contribution in [2.75, 3.05) is 33.4 Å². The maximum absolute atomic E-state index is 13.2. The number of likely N-dealkylation sites (tertiary alicyclic amines) is 1. The molecule has 1 saturated carbocycles. The third-order valence-corrected chi connectivity index (χ3v) is 6.39. The molecule has 2 aromatic heterocycles. The molecule has 1 N–H and O–H groups in total. The SMILES string of the molecule is CCN1CC(COc2ccn3c(-c4cc(OC)c(C(=O)NC5CC5)c(OC(F)F)c4)cnc3c2)C1. The molecule has 10 heteroatoms. The summed E-state index contributed by atoms with van der Waals surface area (Å²) in [6, 6.07) is 6.78. The summed E-state index contributed by atoms with van der Waals surface area (Å²) in [6.07, 6.45) is 5.18. The van der Waals surface area contributed by atoms with Crippen molar-refractivity contribution in [3.05, 3.63) is 42.2 Å². The number of imidazole rings is 1. The van der Waals surface area contributed by atoms with Gasteiger partial charge in [-0.3, -0.25) is 9.20 Å². The van der Waals surface area contributed by atoms with Crippen LogP contribution in [-0.4, -0.2) is 66.2 Å². The van der Waals surface area contributed by atoms with Gasteiger partial charge in [0.25, 0.3) is 5.91 Å². The largest absolute Gasteiger partial charge is 0.496 e. The summed E-state index contributed by atoms with van der Waals surface area (Å²) in [5, 5.41) is 2.80. The van der Waals surface area contributed by atoms with Gasteiger partial charge in [0.15, 0.2) is 0 Å². The smallest absolute Gasteiger partial charge is 0.387 e. The topological polar surface area (TPSA) is 77.3 Å². The number of alkyl halides is 2. The van der Waals surface area contributed by atoms with Crippen molar-refractivity contribution in [1.82, 2.24) is 19.6 Å². The van der Waals surface area contributed by atoms with E-state index in [2.05, 4.69) is 22.1 Å². The van der Waals surface area contributed by atoms with Crippen molar-refractivity contribution in [1.29, 1.82) is 0 Å². The molecule has 8 nitrogen and oxygen atoms in total. The standard InChI is InChI=1S/C25H28F2N4O4/c1-3-30-12-15(13-30)14-34-18-6-7-31-19(11-28-22(31)10-18)16-8-20(33-2)23(21(9-16)35-25(26)27)24(32)29-17-4-5-17/h6-11,15,17,25H,3-5,12-14H2,1-2H3,(H,29,32). The monoisotopic (exact) mass is 486 g/mol. The molecule has 0 spiro atoms. The molecule has 3 heterocycles. The van der Waals surface area contributed by atoms with E-state index in [1.807, 2.05) is 22.7 Å². The third kappa shape index (κ3) is 5.02. The number of pyridine rings is 1. The molecule has 0 unspecified atom stereocenters. The van der Waals surface area contributed by atoms with E-state index in [-0.39, 0.29) is 23.1 Å². The number of nitrogens with one attached hydrogen (secondary N) is 1. The van der Waals surface area contributed by atoms with E-state index in [9.17, 15) is 13.6 Å². The fourth-order valence-corrected chi connectivity index (χ4v) is 4.32. The number of carbonyl (C=O) groups is 1. The lowest BCUT2D eigenvalue weighted by Gasteiger charge is -2.38. The first kappa shape index (κ1) is 23.3. The average molecular weight is 487 g/mol. The van der Waals surface area contributed by atoms with Gasteiger partial charge in [0.05, 0.1) is 25.6 Å². The maximum atomic E-state index is 13.2. The molecule has 1 aliphatic heterocycles. The molecule has 186 valence electrons. The highest BCUT2D eigenvalue weighted by molar-refractivity contribution is 6.01. The Kier molecular flexibility index (Phi) is 6.46. The summed E-state index contributed by atoms with van der Waals surface area (Å²) in [6.45, 7) is 2.85.